The summed E-state index contributed by atoms with van der Waals surface area (Å²) >= 11 is 0. The minimum Gasteiger partial charge on any atom is -0.0999 e. The van der Waals surface area contributed by atoms with E-state index in [9.17, 15) is 0 Å². The molecule has 0 N–H and O–H groups in total. The van der Waals surface area contributed by atoms with Gasteiger partial charge in [0, 0.05) is 0 Å². The third-order valence-electron chi connectivity index (χ3n) is 2.54. The first-order valence-electron chi connectivity index (χ1n) is 5.37. The number of allylic oxidation sites excluding steroid dienone is 1. The Morgan fingerprint density at radius 1 is 1.25 bits per heavy atom. The quantitative estimate of drug-likeness (QED) is 0.489. The highest BCUT2D eigenvalue weighted by molar-refractivity contribution is 4.92. The minimum atomic E-state index is 0.897. The average molecular weight is 168 g/mol. The van der Waals surface area contributed by atoms with Crippen molar-refractivity contribution in [3.63, 3.8) is 0 Å². The lowest BCUT2D eigenvalue weighted by molar-refractivity contribution is 0.469. The van der Waals surface area contributed by atoms with E-state index in [1.807, 2.05) is 0 Å². The molecular formula is C12H24. The predicted molar refractivity (Wildman–Crippen MR) is 57.4 cm³/mol. The molecule has 0 saturated carbocycles. The fourth-order valence-electron chi connectivity index (χ4n) is 1.32. The van der Waals surface area contributed by atoms with E-state index in [1.165, 1.54) is 37.7 Å². The Morgan fingerprint density at radius 2 is 1.92 bits per heavy atom. The second-order valence-electron chi connectivity index (χ2n) is 3.89. The van der Waals surface area contributed by atoms with Gasteiger partial charge in [-0.3, -0.25) is 0 Å². The zero-order valence-corrected chi connectivity index (χ0v) is 9.03. The molecule has 0 amide bonds. The summed E-state index contributed by atoms with van der Waals surface area (Å²) in [5, 5.41) is 0. The lowest BCUT2D eigenvalue weighted by Crippen LogP contribution is -1.95. The average Bonchev–Trinajstić information content (AvgIpc) is 2.10. The van der Waals surface area contributed by atoms with Crippen LogP contribution in [0.5, 0.6) is 0 Å². The van der Waals surface area contributed by atoms with Crippen LogP contribution in [0.15, 0.2) is 12.2 Å². The Balaban J connectivity index is 3.30. The van der Waals surface area contributed by atoms with Crippen molar-refractivity contribution in [1.82, 2.24) is 0 Å². The summed E-state index contributed by atoms with van der Waals surface area (Å²) in [5.74, 6) is 0.897. The van der Waals surface area contributed by atoms with Crippen molar-refractivity contribution in [2.24, 2.45) is 5.92 Å². The van der Waals surface area contributed by atoms with Gasteiger partial charge in [-0.05, 0) is 25.2 Å². The second-order valence-corrected chi connectivity index (χ2v) is 3.89. The first kappa shape index (κ1) is 11.7. The minimum absolute atomic E-state index is 0.897. The van der Waals surface area contributed by atoms with Gasteiger partial charge in [0.15, 0.2) is 0 Å². The smallest absolute Gasteiger partial charge is 0.0321 e. The highest BCUT2D eigenvalue weighted by Crippen LogP contribution is 2.17. The molecule has 0 saturated heterocycles. The van der Waals surface area contributed by atoms with E-state index in [1.54, 1.807) is 0 Å². The lowest BCUT2D eigenvalue weighted by atomic mass is 9.96. The molecule has 72 valence electrons. The molecular weight excluding hydrogens is 144 g/mol. The molecule has 0 aromatic carbocycles. The first-order valence-corrected chi connectivity index (χ1v) is 5.37. The van der Waals surface area contributed by atoms with Gasteiger partial charge < -0.3 is 0 Å². The van der Waals surface area contributed by atoms with Crippen molar-refractivity contribution < 1.29 is 0 Å². The van der Waals surface area contributed by atoms with Gasteiger partial charge in [-0.1, -0.05) is 52.2 Å². The van der Waals surface area contributed by atoms with Crippen molar-refractivity contribution >= 4 is 0 Å². The highest BCUT2D eigenvalue weighted by atomic mass is 14.1. The van der Waals surface area contributed by atoms with Gasteiger partial charge in [0.05, 0.1) is 0 Å². The SMILES string of the molecule is C=C(CC)CCC(C)CCCC. The Kier molecular flexibility index (Phi) is 7.23. The van der Waals surface area contributed by atoms with Crippen LogP contribution in [0, 0.1) is 5.92 Å². The summed E-state index contributed by atoms with van der Waals surface area (Å²) in [4.78, 5) is 0. The molecule has 0 aliphatic carbocycles. The summed E-state index contributed by atoms with van der Waals surface area (Å²) in [7, 11) is 0. The van der Waals surface area contributed by atoms with Crippen LogP contribution < -0.4 is 0 Å². The molecule has 0 fully saturated rings. The van der Waals surface area contributed by atoms with Gasteiger partial charge in [-0.2, -0.15) is 0 Å². The summed E-state index contributed by atoms with van der Waals surface area (Å²) in [5.41, 5.74) is 1.42. The molecule has 0 aromatic rings. The molecule has 0 spiro atoms. The van der Waals surface area contributed by atoms with Crippen LogP contribution in [-0.2, 0) is 0 Å². The van der Waals surface area contributed by atoms with Crippen LogP contribution in [0.4, 0.5) is 0 Å². The molecule has 0 bridgehead atoms. The Labute approximate surface area is 78.1 Å². The van der Waals surface area contributed by atoms with E-state index >= 15 is 0 Å². The van der Waals surface area contributed by atoms with Crippen LogP contribution in [-0.4, -0.2) is 0 Å². The fraction of sp³-hybridized carbons (Fsp3) is 0.833. The van der Waals surface area contributed by atoms with E-state index in [-0.39, 0.29) is 0 Å². The van der Waals surface area contributed by atoms with Gasteiger partial charge >= 0.3 is 0 Å². The number of unbranched alkanes of at least 4 members (excludes halogenated alkanes) is 1. The lowest BCUT2D eigenvalue weighted by Gasteiger charge is -2.10. The number of rotatable bonds is 7. The fourth-order valence-corrected chi connectivity index (χ4v) is 1.32. The third-order valence-corrected chi connectivity index (χ3v) is 2.54. The van der Waals surface area contributed by atoms with Gasteiger partial charge in [-0.25, -0.2) is 0 Å². The molecule has 0 radical (unpaired) electrons. The topological polar surface area (TPSA) is 0 Å². The van der Waals surface area contributed by atoms with E-state index in [2.05, 4.69) is 27.4 Å². The standard InChI is InChI=1S/C12H24/c1-5-7-8-12(4)10-9-11(3)6-2/h12H,3,5-10H2,1-2,4H3. The van der Waals surface area contributed by atoms with Crippen molar-refractivity contribution in [3.8, 4) is 0 Å². The Morgan fingerprint density at radius 3 is 2.42 bits per heavy atom. The van der Waals surface area contributed by atoms with E-state index in [0.29, 0.717) is 0 Å². The van der Waals surface area contributed by atoms with Crippen LogP contribution in [0.1, 0.15) is 59.3 Å². The van der Waals surface area contributed by atoms with Crippen LogP contribution in [0.3, 0.4) is 0 Å². The summed E-state index contributed by atoms with van der Waals surface area (Å²) in [6, 6.07) is 0. The number of hydrogen-bond donors (Lipinski definition) is 0. The third kappa shape index (κ3) is 6.45. The zero-order chi connectivity index (χ0) is 9.40. The van der Waals surface area contributed by atoms with E-state index in [4.69, 9.17) is 0 Å². The molecule has 0 aliphatic rings. The molecule has 0 aliphatic heterocycles. The van der Waals surface area contributed by atoms with Crippen LogP contribution >= 0.6 is 0 Å². The summed E-state index contributed by atoms with van der Waals surface area (Å²) in [6.45, 7) is 10.8. The predicted octanol–water partition coefficient (Wildman–Crippen LogP) is 4.56. The van der Waals surface area contributed by atoms with Gasteiger partial charge in [0.1, 0.15) is 0 Å². The second kappa shape index (κ2) is 7.39. The van der Waals surface area contributed by atoms with Gasteiger partial charge in [0.25, 0.3) is 0 Å². The van der Waals surface area contributed by atoms with Gasteiger partial charge in [0.2, 0.25) is 0 Å². The van der Waals surface area contributed by atoms with Crippen molar-refractivity contribution in [2.45, 2.75) is 59.3 Å². The molecule has 0 heteroatoms. The molecule has 0 rings (SSSR count). The highest BCUT2D eigenvalue weighted by Gasteiger charge is 2.01. The molecule has 12 heavy (non-hydrogen) atoms. The van der Waals surface area contributed by atoms with Crippen LogP contribution in [0.2, 0.25) is 0 Å². The van der Waals surface area contributed by atoms with Crippen LogP contribution in [0.25, 0.3) is 0 Å². The summed E-state index contributed by atoms with van der Waals surface area (Å²) < 4.78 is 0. The monoisotopic (exact) mass is 168 g/mol. The largest absolute Gasteiger partial charge is 0.0999 e. The molecule has 1 atom stereocenters. The molecule has 0 aromatic heterocycles. The molecule has 0 heterocycles. The maximum Gasteiger partial charge on any atom is -0.0321 e. The maximum absolute atomic E-state index is 4.03. The van der Waals surface area contributed by atoms with E-state index in [0.717, 1.165) is 12.3 Å². The Bertz CT molecular complexity index is 113. The first-order chi connectivity index (χ1) is 5.70. The van der Waals surface area contributed by atoms with Crippen molar-refractivity contribution in [1.29, 1.82) is 0 Å². The van der Waals surface area contributed by atoms with E-state index < -0.39 is 0 Å². The molecule has 1 unspecified atom stereocenters. The summed E-state index contributed by atoms with van der Waals surface area (Å²) in [6.07, 6.45) is 7.85. The van der Waals surface area contributed by atoms with Crippen molar-refractivity contribution in [3.05, 3.63) is 12.2 Å². The normalized spacial score (nSPS) is 12.9. The zero-order valence-electron chi connectivity index (χ0n) is 9.03. The number of hydrogen-bond acceptors (Lipinski definition) is 0. The Hall–Kier alpha value is -0.260. The van der Waals surface area contributed by atoms with Gasteiger partial charge in [-0.15, -0.1) is 0 Å². The molecule has 0 nitrogen and oxygen atoms in total. The maximum atomic E-state index is 4.03. The van der Waals surface area contributed by atoms with Crippen molar-refractivity contribution in [2.75, 3.05) is 0 Å².